The highest BCUT2D eigenvalue weighted by molar-refractivity contribution is 7.71. The van der Waals surface area contributed by atoms with Gasteiger partial charge in [0.25, 0.3) is 0 Å². The molecule has 1 aliphatic carbocycles. The Kier molecular flexibility index (Phi) is 2.07. The smallest absolute Gasteiger partial charge is 0.328 e. The molecule has 2 aromatic rings. The van der Waals surface area contributed by atoms with Crippen LogP contribution in [0, 0.1) is 11.7 Å². The van der Waals surface area contributed by atoms with Gasteiger partial charge in [-0.3, -0.25) is 9.25 Å². The Hall–Kier alpha value is -1.31. The van der Waals surface area contributed by atoms with Crippen LogP contribution in [0.4, 0.5) is 13.2 Å². The van der Waals surface area contributed by atoms with E-state index in [1.165, 1.54) is 9.25 Å². The van der Waals surface area contributed by atoms with Gasteiger partial charge in [-0.1, -0.05) is 0 Å². The van der Waals surface area contributed by atoms with Crippen molar-refractivity contribution in [3.05, 3.63) is 10.5 Å². The van der Waals surface area contributed by atoms with E-state index in [9.17, 15) is 13.2 Å². The van der Waals surface area contributed by atoms with E-state index in [1.807, 2.05) is 0 Å². The number of imidazole rings is 1. The summed E-state index contributed by atoms with van der Waals surface area (Å²) in [7, 11) is 1.63. The minimum atomic E-state index is -4.29. The van der Waals surface area contributed by atoms with Crippen LogP contribution in [0.15, 0.2) is 0 Å². The number of aryl methyl sites for hydroxylation is 2. The van der Waals surface area contributed by atoms with Crippen molar-refractivity contribution in [1.29, 1.82) is 0 Å². The van der Waals surface area contributed by atoms with Gasteiger partial charge in [0, 0.05) is 7.05 Å². The van der Waals surface area contributed by atoms with Crippen molar-refractivity contribution < 1.29 is 13.2 Å². The lowest BCUT2D eigenvalue weighted by atomic mass is 10.2. The van der Waals surface area contributed by atoms with E-state index in [2.05, 4.69) is 10.1 Å². The maximum atomic E-state index is 13.2. The predicted molar refractivity (Wildman–Crippen MR) is 61.9 cm³/mol. The molecule has 0 atom stereocenters. The minimum Gasteiger partial charge on any atom is -0.328 e. The van der Waals surface area contributed by atoms with Crippen LogP contribution in [0.25, 0.3) is 11.2 Å². The molecule has 1 saturated carbocycles. The van der Waals surface area contributed by atoms with E-state index in [0.29, 0.717) is 16.9 Å². The summed E-state index contributed by atoms with van der Waals surface area (Å²) in [6.45, 7) is 1.74. The quantitative estimate of drug-likeness (QED) is 0.813. The Morgan fingerprint density at radius 2 is 2.00 bits per heavy atom. The molecule has 0 bridgehead atoms. The van der Waals surface area contributed by atoms with E-state index < -0.39 is 11.7 Å². The van der Waals surface area contributed by atoms with Crippen LogP contribution >= 0.6 is 12.2 Å². The van der Waals surface area contributed by atoms with Gasteiger partial charge in [-0.25, -0.2) is 0 Å². The molecule has 2 aromatic heterocycles. The lowest BCUT2D eigenvalue weighted by molar-refractivity contribution is -0.179. The van der Waals surface area contributed by atoms with Gasteiger partial charge in [0.1, 0.15) is 11.1 Å². The summed E-state index contributed by atoms with van der Waals surface area (Å²) in [6.07, 6.45) is -4.15. The molecule has 1 N–H and O–H groups in total. The molecule has 8 heteroatoms. The van der Waals surface area contributed by atoms with Gasteiger partial charge in [0.15, 0.2) is 10.4 Å². The fourth-order valence-corrected chi connectivity index (χ4v) is 2.82. The third-order valence-corrected chi connectivity index (χ3v) is 3.80. The van der Waals surface area contributed by atoms with Gasteiger partial charge in [-0.15, -0.1) is 0 Å². The van der Waals surface area contributed by atoms with Gasteiger partial charge in [0.2, 0.25) is 0 Å². The third kappa shape index (κ3) is 1.26. The number of rotatable bonds is 1. The van der Waals surface area contributed by atoms with Crippen LogP contribution in [-0.4, -0.2) is 25.5 Å². The molecule has 4 nitrogen and oxygen atoms in total. The topological polar surface area (TPSA) is 38.5 Å². The van der Waals surface area contributed by atoms with E-state index in [-0.39, 0.29) is 17.6 Å². The van der Waals surface area contributed by atoms with Crippen molar-refractivity contribution in [1.82, 2.24) is 19.3 Å². The fraction of sp³-hybridized carbons (Fsp3) is 0.600. The van der Waals surface area contributed by atoms with Crippen molar-refractivity contribution in [2.75, 3.05) is 0 Å². The molecule has 0 amide bonds. The average molecular weight is 276 g/mol. The zero-order chi connectivity index (χ0) is 13.3. The Bertz CT molecular complexity index is 686. The number of hydrogen-bond donors (Lipinski definition) is 1. The second kappa shape index (κ2) is 3.17. The SMILES string of the molecule is Cc1nn(C)c2c1[nH]c(=S)n2C1(C(F)(F)F)CC1. The van der Waals surface area contributed by atoms with Crippen molar-refractivity contribution in [2.24, 2.45) is 7.05 Å². The van der Waals surface area contributed by atoms with Crippen molar-refractivity contribution in [3.8, 4) is 0 Å². The van der Waals surface area contributed by atoms with Gasteiger partial charge < -0.3 is 4.98 Å². The Morgan fingerprint density at radius 3 is 2.50 bits per heavy atom. The normalized spacial score (nSPS) is 18.5. The molecule has 3 rings (SSSR count). The Labute approximate surface area is 105 Å². The summed E-state index contributed by atoms with van der Waals surface area (Å²) in [5.41, 5.74) is -0.205. The number of aromatic nitrogens is 4. The lowest BCUT2D eigenvalue weighted by Crippen LogP contribution is -2.35. The standard InChI is InChI=1S/C10H11F3N4S/c1-5-6-7(16(2)15-5)17(8(18)14-6)9(3-4-9)10(11,12)13/h3-4H2,1-2H3,(H,14,18). The number of aromatic amines is 1. The summed E-state index contributed by atoms with van der Waals surface area (Å²) in [5, 5.41) is 4.13. The van der Waals surface area contributed by atoms with E-state index >= 15 is 0 Å². The monoisotopic (exact) mass is 276 g/mol. The number of H-pyrrole nitrogens is 1. The molecule has 0 spiro atoms. The molecule has 0 aliphatic heterocycles. The van der Waals surface area contributed by atoms with E-state index in [4.69, 9.17) is 12.2 Å². The van der Waals surface area contributed by atoms with Gasteiger partial charge >= 0.3 is 6.18 Å². The molecular weight excluding hydrogens is 265 g/mol. The average Bonchev–Trinajstić information content (AvgIpc) is 2.90. The molecule has 0 aromatic carbocycles. The van der Waals surface area contributed by atoms with E-state index in [1.54, 1.807) is 14.0 Å². The molecule has 0 radical (unpaired) electrons. The first kappa shape index (κ1) is 11.8. The van der Waals surface area contributed by atoms with Gasteiger partial charge in [0.05, 0.1) is 5.69 Å². The summed E-state index contributed by atoms with van der Waals surface area (Å²) >= 11 is 5.05. The number of alkyl halides is 3. The molecule has 1 fully saturated rings. The van der Waals surface area contributed by atoms with Crippen LogP contribution in [0.5, 0.6) is 0 Å². The second-order valence-electron chi connectivity index (χ2n) is 4.70. The van der Waals surface area contributed by atoms with Crippen LogP contribution in [0.3, 0.4) is 0 Å². The summed E-state index contributed by atoms with van der Waals surface area (Å²) in [5.74, 6) is 0. The fourth-order valence-electron chi connectivity index (χ4n) is 2.46. The maximum absolute atomic E-state index is 13.2. The van der Waals surface area contributed by atoms with Crippen LogP contribution in [-0.2, 0) is 12.6 Å². The Morgan fingerprint density at radius 1 is 1.39 bits per heavy atom. The number of halogens is 3. The molecule has 18 heavy (non-hydrogen) atoms. The highest BCUT2D eigenvalue weighted by Crippen LogP contribution is 2.56. The van der Waals surface area contributed by atoms with Gasteiger partial charge in [-0.2, -0.15) is 18.3 Å². The minimum absolute atomic E-state index is 0.0714. The summed E-state index contributed by atoms with van der Waals surface area (Å²) in [4.78, 5) is 2.83. The lowest BCUT2D eigenvalue weighted by Gasteiger charge is -2.21. The summed E-state index contributed by atoms with van der Waals surface area (Å²) in [6, 6.07) is 0. The van der Waals surface area contributed by atoms with Crippen molar-refractivity contribution >= 4 is 23.4 Å². The van der Waals surface area contributed by atoms with E-state index in [0.717, 1.165) is 0 Å². The number of fused-ring (bicyclic) bond motifs is 1. The highest BCUT2D eigenvalue weighted by Gasteiger charge is 2.66. The van der Waals surface area contributed by atoms with Crippen molar-refractivity contribution in [3.63, 3.8) is 0 Å². The third-order valence-electron chi connectivity index (χ3n) is 3.52. The molecule has 0 unspecified atom stereocenters. The molecule has 0 saturated heterocycles. The molecule has 2 heterocycles. The largest absolute Gasteiger partial charge is 0.412 e. The molecule has 98 valence electrons. The first-order chi connectivity index (χ1) is 8.28. The van der Waals surface area contributed by atoms with Crippen LogP contribution in [0.1, 0.15) is 18.5 Å². The zero-order valence-corrected chi connectivity index (χ0v) is 10.6. The number of nitrogens with zero attached hydrogens (tertiary/aromatic N) is 3. The molecular formula is C10H11F3N4S. The van der Waals surface area contributed by atoms with Crippen molar-refractivity contribution in [2.45, 2.75) is 31.5 Å². The highest BCUT2D eigenvalue weighted by atomic mass is 32.1. The number of hydrogen-bond acceptors (Lipinski definition) is 2. The first-order valence-electron chi connectivity index (χ1n) is 5.49. The predicted octanol–water partition coefficient (Wildman–Crippen LogP) is 2.79. The Balaban J connectivity index is 2.37. The van der Waals surface area contributed by atoms with Gasteiger partial charge in [-0.05, 0) is 32.0 Å². The second-order valence-corrected chi connectivity index (χ2v) is 5.09. The number of nitrogens with one attached hydrogen (secondary N) is 1. The maximum Gasteiger partial charge on any atom is 0.412 e. The molecule has 1 aliphatic rings. The van der Waals surface area contributed by atoms with Crippen LogP contribution in [0.2, 0.25) is 0 Å². The summed E-state index contributed by atoms with van der Waals surface area (Å²) < 4.78 is 42.3. The van der Waals surface area contributed by atoms with Crippen LogP contribution < -0.4 is 0 Å². The zero-order valence-electron chi connectivity index (χ0n) is 9.80. The first-order valence-corrected chi connectivity index (χ1v) is 5.90.